The molecular formula is C23H36O5. The Balaban J connectivity index is 2.74. The molecule has 0 radical (unpaired) electrons. The molecule has 5 heteroatoms. The zero-order valence-corrected chi connectivity index (χ0v) is 18.1. The van der Waals surface area contributed by atoms with Crippen molar-refractivity contribution in [3.05, 3.63) is 18.2 Å². The summed E-state index contributed by atoms with van der Waals surface area (Å²) >= 11 is 0. The second kappa shape index (κ2) is 13.2. The molecular weight excluding hydrogens is 356 g/mol. The standard InChI is InChI=1S/C23H36O5/c1-6-7-8-9-10-11-12-16-26-19-14-13-15-20(27-22(24)17(2)3)21(19)28-23(25)18(4)5/h13-15,17-18H,6-12,16H2,1-5H3. The van der Waals surface area contributed by atoms with E-state index in [2.05, 4.69) is 6.92 Å². The summed E-state index contributed by atoms with van der Waals surface area (Å²) < 4.78 is 16.8. The minimum absolute atomic E-state index is 0.179. The van der Waals surface area contributed by atoms with Gasteiger partial charge in [-0.3, -0.25) is 9.59 Å². The Labute approximate surface area is 169 Å². The highest BCUT2D eigenvalue weighted by atomic mass is 16.6. The van der Waals surface area contributed by atoms with E-state index in [4.69, 9.17) is 14.2 Å². The third kappa shape index (κ3) is 8.77. The van der Waals surface area contributed by atoms with Crippen LogP contribution in [0.25, 0.3) is 0 Å². The number of ether oxygens (including phenoxy) is 3. The first kappa shape index (κ1) is 24.0. The average molecular weight is 393 g/mol. The second-order valence-electron chi connectivity index (χ2n) is 7.70. The van der Waals surface area contributed by atoms with Gasteiger partial charge in [-0.1, -0.05) is 79.2 Å². The van der Waals surface area contributed by atoms with Gasteiger partial charge in [-0.2, -0.15) is 0 Å². The number of carbonyl (C=O) groups excluding carboxylic acids is 2. The van der Waals surface area contributed by atoms with Crippen molar-refractivity contribution in [3.8, 4) is 17.2 Å². The highest BCUT2D eigenvalue weighted by Crippen LogP contribution is 2.38. The van der Waals surface area contributed by atoms with Gasteiger partial charge in [-0.15, -0.1) is 0 Å². The fraction of sp³-hybridized carbons (Fsp3) is 0.652. The molecule has 0 atom stereocenters. The van der Waals surface area contributed by atoms with Crippen molar-refractivity contribution in [3.63, 3.8) is 0 Å². The summed E-state index contributed by atoms with van der Waals surface area (Å²) in [7, 11) is 0. The molecule has 1 rings (SSSR count). The van der Waals surface area contributed by atoms with Crippen LogP contribution in [-0.2, 0) is 9.59 Å². The molecule has 0 aliphatic heterocycles. The maximum Gasteiger partial charge on any atom is 0.314 e. The summed E-state index contributed by atoms with van der Waals surface area (Å²) in [6, 6.07) is 5.08. The zero-order valence-electron chi connectivity index (χ0n) is 18.1. The van der Waals surface area contributed by atoms with Gasteiger partial charge in [0.2, 0.25) is 5.75 Å². The molecule has 0 spiro atoms. The molecule has 0 bridgehead atoms. The number of benzene rings is 1. The Morgan fingerprint density at radius 2 is 1.32 bits per heavy atom. The van der Waals surface area contributed by atoms with Crippen LogP contribution in [-0.4, -0.2) is 18.5 Å². The van der Waals surface area contributed by atoms with E-state index < -0.39 is 5.97 Å². The van der Waals surface area contributed by atoms with Gasteiger partial charge >= 0.3 is 11.9 Å². The van der Waals surface area contributed by atoms with Crippen molar-refractivity contribution < 1.29 is 23.8 Å². The summed E-state index contributed by atoms with van der Waals surface area (Å²) in [5, 5.41) is 0. The summed E-state index contributed by atoms with van der Waals surface area (Å²) in [6.07, 6.45) is 8.32. The van der Waals surface area contributed by atoms with Crippen LogP contribution in [0.3, 0.4) is 0 Å². The van der Waals surface area contributed by atoms with E-state index in [9.17, 15) is 9.59 Å². The molecule has 28 heavy (non-hydrogen) atoms. The fourth-order valence-electron chi connectivity index (χ4n) is 2.48. The van der Waals surface area contributed by atoms with E-state index in [0.717, 1.165) is 12.8 Å². The van der Waals surface area contributed by atoms with Crippen LogP contribution in [0.1, 0.15) is 79.6 Å². The number of hydrogen-bond donors (Lipinski definition) is 0. The minimum Gasteiger partial charge on any atom is -0.490 e. The van der Waals surface area contributed by atoms with E-state index in [1.54, 1.807) is 45.9 Å². The smallest absolute Gasteiger partial charge is 0.314 e. The van der Waals surface area contributed by atoms with Gasteiger partial charge in [0.15, 0.2) is 11.5 Å². The number of esters is 2. The van der Waals surface area contributed by atoms with Gasteiger partial charge in [0.25, 0.3) is 0 Å². The number of rotatable bonds is 13. The molecule has 0 saturated heterocycles. The molecule has 0 aliphatic rings. The maximum atomic E-state index is 12.1. The Kier molecular flexibility index (Phi) is 11.3. The van der Waals surface area contributed by atoms with Crippen LogP contribution in [0.4, 0.5) is 0 Å². The molecule has 0 amide bonds. The van der Waals surface area contributed by atoms with Crippen LogP contribution < -0.4 is 14.2 Å². The summed E-state index contributed by atoms with van der Waals surface area (Å²) in [5.41, 5.74) is 0. The van der Waals surface area contributed by atoms with Crippen molar-refractivity contribution >= 4 is 11.9 Å². The highest BCUT2D eigenvalue weighted by Gasteiger charge is 2.21. The van der Waals surface area contributed by atoms with E-state index in [1.165, 1.54) is 32.1 Å². The largest absolute Gasteiger partial charge is 0.490 e. The normalized spacial score (nSPS) is 11.0. The first-order valence-electron chi connectivity index (χ1n) is 10.6. The van der Waals surface area contributed by atoms with Crippen LogP contribution >= 0.6 is 0 Å². The van der Waals surface area contributed by atoms with E-state index in [-0.39, 0.29) is 29.3 Å². The molecule has 0 N–H and O–H groups in total. The van der Waals surface area contributed by atoms with Gasteiger partial charge in [0.05, 0.1) is 18.4 Å². The first-order valence-corrected chi connectivity index (χ1v) is 10.6. The molecule has 0 unspecified atom stereocenters. The number of hydrogen-bond acceptors (Lipinski definition) is 5. The van der Waals surface area contributed by atoms with Crippen molar-refractivity contribution in [2.75, 3.05) is 6.61 Å². The molecule has 0 aromatic heterocycles. The predicted octanol–water partition coefficient (Wildman–Crippen LogP) is 5.94. The SMILES string of the molecule is CCCCCCCCCOc1cccc(OC(=O)C(C)C)c1OC(=O)C(C)C. The Morgan fingerprint density at radius 3 is 1.93 bits per heavy atom. The first-order chi connectivity index (χ1) is 13.4. The zero-order chi connectivity index (χ0) is 20.9. The lowest BCUT2D eigenvalue weighted by Gasteiger charge is -2.16. The van der Waals surface area contributed by atoms with Crippen molar-refractivity contribution in [2.45, 2.75) is 79.6 Å². The molecule has 1 aromatic rings. The van der Waals surface area contributed by atoms with Crippen LogP contribution in [0, 0.1) is 11.8 Å². The Bertz CT molecular complexity index is 607. The van der Waals surface area contributed by atoms with E-state index >= 15 is 0 Å². The molecule has 1 aromatic carbocycles. The number of para-hydroxylation sites is 1. The van der Waals surface area contributed by atoms with Gasteiger partial charge in [-0.25, -0.2) is 0 Å². The number of carbonyl (C=O) groups is 2. The van der Waals surface area contributed by atoms with Crippen molar-refractivity contribution in [2.24, 2.45) is 11.8 Å². The fourth-order valence-corrected chi connectivity index (χ4v) is 2.48. The van der Waals surface area contributed by atoms with Gasteiger partial charge in [0.1, 0.15) is 0 Å². The minimum atomic E-state index is -0.395. The molecule has 0 fully saturated rings. The quantitative estimate of drug-likeness (QED) is 0.236. The highest BCUT2D eigenvalue weighted by molar-refractivity contribution is 5.79. The lowest BCUT2D eigenvalue weighted by molar-refractivity contribution is -0.140. The Morgan fingerprint density at radius 1 is 0.786 bits per heavy atom. The third-order valence-electron chi connectivity index (χ3n) is 4.30. The van der Waals surface area contributed by atoms with Gasteiger partial charge < -0.3 is 14.2 Å². The predicted molar refractivity (Wildman–Crippen MR) is 111 cm³/mol. The van der Waals surface area contributed by atoms with Gasteiger partial charge in [0, 0.05) is 0 Å². The van der Waals surface area contributed by atoms with E-state index in [0.29, 0.717) is 12.4 Å². The number of unbranched alkanes of at least 4 members (excludes halogenated alkanes) is 6. The molecule has 158 valence electrons. The molecule has 0 heterocycles. The maximum absolute atomic E-state index is 12.1. The summed E-state index contributed by atoms with van der Waals surface area (Å²) in [4.78, 5) is 24.1. The molecule has 5 nitrogen and oxygen atoms in total. The topological polar surface area (TPSA) is 61.8 Å². The van der Waals surface area contributed by atoms with Crippen LogP contribution in [0.5, 0.6) is 17.2 Å². The lowest BCUT2D eigenvalue weighted by Crippen LogP contribution is -2.19. The second-order valence-corrected chi connectivity index (χ2v) is 7.70. The Hall–Kier alpha value is -2.04. The summed E-state index contributed by atoms with van der Waals surface area (Å²) in [6.45, 7) is 9.76. The van der Waals surface area contributed by atoms with Crippen molar-refractivity contribution in [1.29, 1.82) is 0 Å². The molecule has 0 aliphatic carbocycles. The van der Waals surface area contributed by atoms with Crippen LogP contribution in [0.15, 0.2) is 18.2 Å². The van der Waals surface area contributed by atoms with E-state index in [1.807, 2.05) is 0 Å². The summed E-state index contributed by atoms with van der Waals surface area (Å²) in [5.74, 6) is -0.549. The van der Waals surface area contributed by atoms with Gasteiger partial charge in [-0.05, 0) is 18.6 Å². The van der Waals surface area contributed by atoms with Crippen LogP contribution in [0.2, 0.25) is 0 Å². The average Bonchev–Trinajstić information content (AvgIpc) is 2.65. The lowest BCUT2D eigenvalue weighted by atomic mass is 10.1. The molecule has 0 saturated carbocycles. The third-order valence-corrected chi connectivity index (χ3v) is 4.30. The van der Waals surface area contributed by atoms with Crippen molar-refractivity contribution in [1.82, 2.24) is 0 Å². The monoisotopic (exact) mass is 392 g/mol.